The Labute approximate surface area is 124 Å². The van der Waals surface area contributed by atoms with Crippen molar-refractivity contribution in [3.8, 4) is 5.75 Å². The first-order valence-corrected chi connectivity index (χ1v) is 6.86. The summed E-state index contributed by atoms with van der Waals surface area (Å²) in [6, 6.07) is 13.3. The summed E-state index contributed by atoms with van der Waals surface area (Å²) in [5.74, 6) is 1.57. The lowest BCUT2D eigenvalue weighted by Crippen LogP contribution is -2.12. The quantitative estimate of drug-likeness (QED) is 0.799. The van der Waals surface area contributed by atoms with E-state index in [1.54, 1.807) is 6.07 Å². The SMILES string of the molecule is CCCOc1ccc(Nc2cccc(C(N)=S)n2)cc1. The summed E-state index contributed by atoms with van der Waals surface area (Å²) in [7, 11) is 0. The van der Waals surface area contributed by atoms with Crippen LogP contribution in [0.4, 0.5) is 11.5 Å². The molecule has 0 radical (unpaired) electrons. The molecule has 2 aromatic rings. The number of pyridine rings is 1. The number of nitrogens with two attached hydrogens (primary N) is 1. The maximum absolute atomic E-state index is 5.57. The number of hydrogen-bond acceptors (Lipinski definition) is 4. The minimum absolute atomic E-state index is 0.289. The smallest absolute Gasteiger partial charge is 0.131 e. The first-order valence-electron chi connectivity index (χ1n) is 6.46. The van der Waals surface area contributed by atoms with Crippen molar-refractivity contribution in [2.75, 3.05) is 11.9 Å². The third kappa shape index (κ3) is 3.93. The summed E-state index contributed by atoms with van der Waals surface area (Å²) in [6.07, 6.45) is 0.996. The van der Waals surface area contributed by atoms with Crippen LogP contribution >= 0.6 is 12.2 Å². The molecule has 104 valence electrons. The van der Waals surface area contributed by atoms with E-state index in [9.17, 15) is 0 Å². The van der Waals surface area contributed by atoms with Crippen LogP contribution < -0.4 is 15.8 Å². The van der Waals surface area contributed by atoms with Gasteiger partial charge in [-0.1, -0.05) is 25.2 Å². The van der Waals surface area contributed by atoms with Crippen LogP contribution in [0.25, 0.3) is 0 Å². The first kappa shape index (κ1) is 14.3. The fourth-order valence-electron chi connectivity index (χ4n) is 1.64. The summed E-state index contributed by atoms with van der Waals surface area (Å²) < 4.78 is 5.53. The molecule has 1 aromatic carbocycles. The molecule has 20 heavy (non-hydrogen) atoms. The van der Waals surface area contributed by atoms with Crippen molar-refractivity contribution in [1.29, 1.82) is 0 Å². The van der Waals surface area contributed by atoms with E-state index in [-0.39, 0.29) is 4.99 Å². The molecule has 2 rings (SSSR count). The maximum atomic E-state index is 5.57. The zero-order valence-corrected chi connectivity index (χ0v) is 12.1. The molecule has 0 fully saturated rings. The zero-order valence-electron chi connectivity index (χ0n) is 11.3. The van der Waals surface area contributed by atoms with E-state index in [1.165, 1.54) is 0 Å². The average molecular weight is 287 g/mol. The predicted molar refractivity (Wildman–Crippen MR) is 85.6 cm³/mol. The molecule has 0 amide bonds. The molecule has 0 atom stereocenters. The monoisotopic (exact) mass is 287 g/mol. The lowest BCUT2D eigenvalue weighted by molar-refractivity contribution is 0.317. The maximum Gasteiger partial charge on any atom is 0.131 e. The van der Waals surface area contributed by atoms with Crippen LogP contribution in [0.2, 0.25) is 0 Å². The van der Waals surface area contributed by atoms with Gasteiger partial charge in [-0.05, 0) is 42.8 Å². The molecule has 0 spiro atoms. The van der Waals surface area contributed by atoms with E-state index in [1.807, 2.05) is 36.4 Å². The van der Waals surface area contributed by atoms with Gasteiger partial charge < -0.3 is 15.8 Å². The molecule has 3 N–H and O–H groups in total. The van der Waals surface area contributed by atoms with Gasteiger partial charge in [-0.2, -0.15) is 0 Å². The van der Waals surface area contributed by atoms with E-state index in [4.69, 9.17) is 22.7 Å². The second kappa shape index (κ2) is 6.86. The topological polar surface area (TPSA) is 60.2 Å². The molecule has 4 nitrogen and oxygen atoms in total. The van der Waals surface area contributed by atoms with Crippen LogP contribution in [-0.2, 0) is 0 Å². The Morgan fingerprint density at radius 2 is 2.00 bits per heavy atom. The summed E-state index contributed by atoms with van der Waals surface area (Å²) in [4.78, 5) is 4.62. The van der Waals surface area contributed by atoms with E-state index in [2.05, 4.69) is 17.2 Å². The molecule has 0 saturated carbocycles. The number of aromatic nitrogens is 1. The fraction of sp³-hybridized carbons (Fsp3) is 0.200. The number of rotatable bonds is 6. The van der Waals surface area contributed by atoms with Crippen LogP contribution in [0.5, 0.6) is 5.75 Å². The lowest BCUT2D eigenvalue weighted by atomic mass is 10.3. The highest BCUT2D eigenvalue weighted by Gasteiger charge is 2.01. The Hall–Kier alpha value is -2.14. The van der Waals surface area contributed by atoms with Gasteiger partial charge in [0.15, 0.2) is 0 Å². The zero-order chi connectivity index (χ0) is 14.4. The second-order valence-corrected chi connectivity index (χ2v) is 4.71. The Morgan fingerprint density at radius 3 is 2.65 bits per heavy atom. The van der Waals surface area contributed by atoms with Gasteiger partial charge in [0.25, 0.3) is 0 Å². The Morgan fingerprint density at radius 1 is 1.25 bits per heavy atom. The highest BCUT2D eigenvalue weighted by atomic mass is 32.1. The molecular formula is C15H17N3OS. The van der Waals surface area contributed by atoms with E-state index in [0.29, 0.717) is 11.5 Å². The molecule has 0 aliphatic heterocycles. The summed E-state index contributed by atoms with van der Waals surface area (Å²) in [5.41, 5.74) is 7.10. The van der Waals surface area contributed by atoms with E-state index in [0.717, 1.165) is 24.5 Å². The van der Waals surface area contributed by atoms with Gasteiger partial charge in [0.05, 0.1) is 12.3 Å². The number of ether oxygens (including phenoxy) is 1. The van der Waals surface area contributed by atoms with Crippen molar-refractivity contribution in [3.05, 3.63) is 48.2 Å². The first-order chi connectivity index (χ1) is 9.69. The highest BCUT2D eigenvalue weighted by molar-refractivity contribution is 7.80. The van der Waals surface area contributed by atoms with E-state index >= 15 is 0 Å². The minimum atomic E-state index is 0.289. The van der Waals surface area contributed by atoms with Crippen LogP contribution in [0, 0.1) is 0 Å². The number of nitrogens with one attached hydrogen (secondary N) is 1. The van der Waals surface area contributed by atoms with Crippen LogP contribution in [0.15, 0.2) is 42.5 Å². The summed E-state index contributed by atoms with van der Waals surface area (Å²) >= 11 is 4.91. The molecule has 1 heterocycles. The minimum Gasteiger partial charge on any atom is -0.494 e. The molecule has 0 unspecified atom stereocenters. The largest absolute Gasteiger partial charge is 0.494 e. The van der Waals surface area contributed by atoms with Gasteiger partial charge in [-0.25, -0.2) is 4.98 Å². The van der Waals surface area contributed by atoms with Crippen molar-refractivity contribution in [3.63, 3.8) is 0 Å². The van der Waals surface area contributed by atoms with Crippen LogP contribution in [-0.4, -0.2) is 16.6 Å². The van der Waals surface area contributed by atoms with E-state index < -0.39 is 0 Å². The molecule has 0 bridgehead atoms. The Kier molecular flexibility index (Phi) is 4.90. The van der Waals surface area contributed by atoms with Crippen molar-refractivity contribution in [2.24, 2.45) is 5.73 Å². The van der Waals surface area contributed by atoms with Gasteiger partial charge in [-0.15, -0.1) is 0 Å². The van der Waals surface area contributed by atoms with Gasteiger partial charge in [0, 0.05) is 5.69 Å². The highest BCUT2D eigenvalue weighted by Crippen LogP contribution is 2.19. The summed E-state index contributed by atoms with van der Waals surface area (Å²) in [5, 5.41) is 3.20. The Bertz CT molecular complexity index is 584. The lowest BCUT2D eigenvalue weighted by Gasteiger charge is -2.08. The van der Waals surface area contributed by atoms with Crippen LogP contribution in [0.1, 0.15) is 19.0 Å². The molecule has 0 aliphatic rings. The molecule has 0 aliphatic carbocycles. The number of hydrogen-bond donors (Lipinski definition) is 2. The van der Waals surface area contributed by atoms with Crippen molar-refractivity contribution in [1.82, 2.24) is 4.98 Å². The molecule has 0 saturated heterocycles. The number of thiocarbonyl (C=S) groups is 1. The normalized spacial score (nSPS) is 10.1. The molecule has 1 aromatic heterocycles. The number of anilines is 2. The summed E-state index contributed by atoms with van der Waals surface area (Å²) in [6.45, 7) is 2.81. The van der Waals surface area contributed by atoms with Crippen molar-refractivity contribution < 1.29 is 4.74 Å². The van der Waals surface area contributed by atoms with Crippen molar-refractivity contribution >= 4 is 28.7 Å². The molecular weight excluding hydrogens is 270 g/mol. The van der Waals surface area contributed by atoms with Crippen molar-refractivity contribution in [2.45, 2.75) is 13.3 Å². The predicted octanol–water partition coefficient (Wildman–Crippen LogP) is 3.25. The van der Waals surface area contributed by atoms with Gasteiger partial charge in [-0.3, -0.25) is 0 Å². The van der Waals surface area contributed by atoms with Gasteiger partial charge >= 0.3 is 0 Å². The fourth-order valence-corrected chi connectivity index (χ4v) is 1.76. The Balaban J connectivity index is 2.06. The van der Waals surface area contributed by atoms with Crippen LogP contribution in [0.3, 0.4) is 0 Å². The third-order valence-corrected chi connectivity index (χ3v) is 2.81. The second-order valence-electron chi connectivity index (χ2n) is 4.27. The number of benzene rings is 1. The third-order valence-electron chi connectivity index (χ3n) is 2.60. The van der Waals surface area contributed by atoms with Gasteiger partial charge in [0.1, 0.15) is 16.6 Å². The standard InChI is InChI=1S/C15H17N3OS/c1-2-10-19-12-8-6-11(7-9-12)17-14-5-3-4-13(18-14)15(16)20/h3-9H,2,10H2,1H3,(H2,16,20)(H,17,18). The number of nitrogens with zero attached hydrogens (tertiary/aromatic N) is 1. The average Bonchev–Trinajstić information content (AvgIpc) is 2.47. The van der Waals surface area contributed by atoms with Gasteiger partial charge in [0.2, 0.25) is 0 Å². The molecule has 5 heteroatoms.